The minimum atomic E-state index is -0.368. The third-order valence-electron chi connectivity index (χ3n) is 6.04. The zero-order valence-corrected chi connectivity index (χ0v) is 19.5. The van der Waals surface area contributed by atoms with Crippen LogP contribution in [0.5, 0.6) is 5.75 Å². The summed E-state index contributed by atoms with van der Waals surface area (Å²) in [6.07, 6.45) is 1.65. The largest absolute Gasteiger partial charge is 0.490 e. The molecule has 0 aromatic heterocycles. The summed E-state index contributed by atoms with van der Waals surface area (Å²) in [7, 11) is 0. The first-order valence-corrected chi connectivity index (χ1v) is 12.0. The summed E-state index contributed by atoms with van der Waals surface area (Å²) in [4.78, 5) is 17.3. The lowest BCUT2D eigenvalue weighted by atomic mass is 9.74. The first-order chi connectivity index (χ1) is 14.4. The van der Waals surface area contributed by atoms with Crippen molar-refractivity contribution in [3.63, 3.8) is 0 Å². The van der Waals surface area contributed by atoms with Crippen LogP contribution in [0.25, 0.3) is 0 Å². The minimum Gasteiger partial charge on any atom is -0.490 e. The topological polar surface area (TPSA) is 76.7 Å². The Morgan fingerprint density at radius 1 is 1.37 bits per heavy atom. The predicted octanol–water partition coefficient (Wildman–Crippen LogP) is 4.70. The number of carbonyl (C=O) groups excluding carboxylic acids is 1. The molecule has 0 saturated carbocycles. The number of thioether (sulfide) groups is 1. The molecule has 158 valence electrons. The van der Waals surface area contributed by atoms with Crippen LogP contribution in [-0.4, -0.2) is 29.0 Å². The molecule has 5 nitrogen and oxygen atoms in total. The molecule has 0 saturated heterocycles. The Morgan fingerprint density at radius 3 is 2.83 bits per heavy atom. The van der Waals surface area contributed by atoms with Crippen molar-refractivity contribution in [2.45, 2.75) is 44.4 Å². The van der Waals surface area contributed by atoms with Crippen LogP contribution < -0.4 is 15.8 Å². The van der Waals surface area contributed by atoms with Gasteiger partial charge in [-0.1, -0.05) is 52.8 Å². The van der Waals surface area contributed by atoms with E-state index in [1.165, 1.54) is 0 Å². The molecular weight excluding hydrogens is 462 g/mol. The van der Waals surface area contributed by atoms with E-state index in [2.05, 4.69) is 34.2 Å². The van der Waals surface area contributed by atoms with E-state index in [0.717, 1.165) is 34.4 Å². The molecule has 30 heavy (non-hydrogen) atoms. The smallest absolute Gasteiger partial charge is 0.251 e. The Morgan fingerprint density at radius 2 is 2.13 bits per heavy atom. The molecule has 0 bridgehead atoms. The Balaban J connectivity index is 1.47. The molecule has 3 N–H and O–H groups in total. The number of rotatable bonds is 5. The van der Waals surface area contributed by atoms with Gasteiger partial charge in [0.2, 0.25) is 0 Å². The summed E-state index contributed by atoms with van der Waals surface area (Å²) in [6, 6.07) is 15.5. The second-order valence-electron chi connectivity index (χ2n) is 8.07. The van der Waals surface area contributed by atoms with Gasteiger partial charge in [0.15, 0.2) is 5.17 Å². The molecule has 1 spiro atoms. The van der Waals surface area contributed by atoms with E-state index < -0.39 is 0 Å². The number of benzene rings is 2. The standard InChI is InChI=1S/C23H26BrN3O2S/c1-14(26-21(28)16-6-4-3-5-7-16)8-10-19-15(2)23(13-30-22(25)27-23)18-12-17(24)9-11-20(18)29-19/h3-7,9,11-12,14-15,19H,8,10,13H2,1-2H3,(H2,25,27)(H,26,28)/t14?,15?,19-,23?/m0/s1. The molecule has 4 atom stereocenters. The fourth-order valence-corrected chi connectivity index (χ4v) is 5.71. The van der Waals surface area contributed by atoms with E-state index in [4.69, 9.17) is 15.5 Å². The molecule has 0 fully saturated rings. The van der Waals surface area contributed by atoms with Crippen LogP contribution >= 0.6 is 27.7 Å². The van der Waals surface area contributed by atoms with Crippen molar-refractivity contribution in [1.29, 1.82) is 0 Å². The highest BCUT2D eigenvalue weighted by Crippen LogP contribution is 2.51. The molecule has 0 radical (unpaired) electrons. The maximum atomic E-state index is 12.4. The van der Waals surface area contributed by atoms with Gasteiger partial charge in [0.25, 0.3) is 5.91 Å². The Labute approximate surface area is 190 Å². The number of hydrogen-bond donors (Lipinski definition) is 2. The van der Waals surface area contributed by atoms with Crippen LogP contribution in [0, 0.1) is 5.92 Å². The highest BCUT2D eigenvalue weighted by atomic mass is 79.9. The average Bonchev–Trinajstić information content (AvgIpc) is 3.13. The number of nitrogens with two attached hydrogens (primary N) is 1. The van der Waals surface area contributed by atoms with Gasteiger partial charge in [0.1, 0.15) is 17.4 Å². The highest BCUT2D eigenvalue weighted by Gasteiger charge is 2.50. The van der Waals surface area contributed by atoms with Crippen LogP contribution in [0.15, 0.2) is 58.0 Å². The molecular formula is C23H26BrN3O2S. The van der Waals surface area contributed by atoms with Gasteiger partial charge in [-0.15, -0.1) is 0 Å². The van der Waals surface area contributed by atoms with Crippen molar-refractivity contribution < 1.29 is 9.53 Å². The van der Waals surface area contributed by atoms with E-state index in [-0.39, 0.29) is 29.5 Å². The average molecular weight is 488 g/mol. The maximum absolute atomic E-state index is 12.4. The number of nitrogens with one attached hydrogen (secondary N) is 1. The quantitative estimate of drug-likeness (QED) is 0.640. The molecule has 7 heteroatoms. The molecule has 2 heterocycles. The number of hydrogen-bond acceptors (Lipinski definition) is 5. The van der Waals surface area contributed by atoms with Gasteiger partial charge in [0, 0.05) is 33.3 Å². The lowest BCUT2D eigenvalue weighted by Crippen LogP contribution is -2.47. The maximum Gasteiger partial charge on any atom is 0.251 e. The van der Waals surface area contributed by atoms with Crippen molar-refractivity contribution in [1.82, 2.24) is 5.32 Å². The van der Waals surface area contributed by atoms with Gasteiger partial charge in [0.05, 0.1) is 0 Å². The lowest BCUT2D eigenvalue weighted by molar-refractivity contribution is 0.0597. The fraction of sp³-hybridized carbons (Fsp3) is 0.391. The van der Waals surface area contributed by atoms with E-state index in [0.29, 0.717) is 10.7 Å². The molecule has 1 amide bonds. The zero-order valence-electron chi connectivity index (χ0n) is 17.1. The van der Waals surface area contributed by atoms with Gasteiger partial charge >= 0.3 is 0 Å². The number of ether oxygens (including phenoxy) is 1. The summed E-state index contributed by atoms with van der Waals surface area (Å²) < 4.78 is 7.42. The number of carbonyl (C=O) groups is 1. The van der Waals surface area contributed by atoms with Gasteiger partial charge in [-0.05, 0) is 50.1 Å². The van der Waals surface area contributed by atoms with Crippen LogP contribution in [0.1, 0.15) is 42.6 Å². The fourth-order valence-electron chi connectivity index (χ4n) is 4.27. The number of aliphatic imine (C=N–C) groups is 1. The molecule has 3 unspecified atom stereocenters. The SMILES string of the molecule is CC(CC[C@@H]1Oc2ccc(Br)cc2C2(CSC(N)=N2)C1C)NC(=O)c1ccccc1. The number of amidine groups is 1. The van der Waals surface area contributed by atoms with E-state index in [9.17, 15) is 4.79 Å². The molecule has 2 aliphatic heterocycles. The predicted molar refractivity (Wildman–Crippen MR) is 126 cm³/mol. The monoisotopic (exact) mass is 487 g/mol. The van der Waals surface area contributed by atoms with E-state index in [1.807, 2.05) is 49.4 Å². The van der Waals surface area contributed by atoms with Crippen LogP contribution in [0.4, 0.5) is 0 Å². The van der Waals surface area contributed by atoms with Crippen molar-refractivity contribution in [3.05, 3.63) is 64.1 Å². The number of nitrogens with zero attached hydrogens (tertiary/aromatic N) is 1. The molecule has 4 rings (SSSR count). The summed E-state index contributed by atoms with van der Waals surface area (Å²) in [5.74, 6) is 1.83. The molecule has 2 aromatic carbocycles. The van der Waals surface area contributed by atoms with Gasteiger partial charge in [-0.2, -0.15) is 0 Å². The molecule has 2 aromatic rings. The van der Waals surface area contributed by atoms with E-state index in [1.54, 1.807) is 11.8 Å². The van der Waals surface area contributed by atoms with Gasteiger partial charge in [-0.3, -0.25) is 4.79 Å². The molecule has 0 aliphatic carbocycles. The summed E-state index contributed by atoms with van der Waals surface area (Å²) in [5.41, 5.74) is 7.50. The molecule has 2 aliphatic rings. The van der Waals surface area contributed by atoms with Crippen molar-refractivity contribution in [2.24, 2.45) is 16.6 Å². The second kappa shape index (κ2) is 8.63. The summed E-state index contributed by atoms with van der Waals surface area (Å²) in [5, 5.41) is 3.73. The van der Waals surface area contributed by atoms with Crippen LogP contribution in [0.3, 0.4) is 0 Å². The Bertz CT molecular complexity index is 968. The Hall–Kier alpha value is -1.99. The summed E-state index contributed by atoms with van der Waals surface area (Å²) >= 11 is 5.19. The first kappa shape index (κ1) is 21.2. The normalized spacial score (nSPS) is 25.9. The van der Waals surface area contributed by atoms with Gasteiger partial charge in [-0.25, -0.2) is 4.99 Å². The van der Waals surface area contributed by atoms with Crippen LogP contribution in [0.2, 0.25) is 0 Å². The van der Waals surface area contributed by atoms with E-state index >= 15 is 0 Å². The highest BCUT2D eigenvalue weighted by molar-refractivity contribution is 9.10. The lowest BCUT2D eigenvalue weighted by Gasteiger charge is -2.43. The summed E-state index contributed by atoms with van der Waals surface area (Å²) in [6.45, 7) is 4.24. The van der Waals surface area contributed by atoms with Crippen molar-refractivity contribution in [3.8, 4) is 5.75 Å². The number of amides is 1. The Kier molecular flexibility index (Phi) is 6.11. The third-order valence-corrected chi connectivity index (χ3v) is 7.51. The third kappa shape index (κ3) is 4.10. The minimum absolute atomic E-state index is 0.00463. The first-order valence-electron chi connectivity index (χ1n) is 10.2. The van der Waals surface area contributed by atoms with Crippen LogP contribution in [-0.2, 0) is 5.54 Å². The zero-order chi connectivity index (χ0) is 21.3. The van der Waals surface area contributed by atoms with Crippen molar-refractivity contribution in [2.75, 3.05) is 5.75 Å². The second-order valence-corrected chi connectivity index (χ2v) is 9.98. The van der Waals surface area contributed by atoms with Crippen molar-refractivity contribution >= 4 is 38.8 Å². The number of halogens is 1. The van der Waals surface area contributed by atoms with Gasteiger partial charge < -0.3 is 15.8 Å². The number of fused-ring (bicyclic) bond motifs is 2.